The quantitative estimate of drug-likeness (QED) is 0.667. The normalized spacial score (nSPS) is 13.6. The van der Waals surface area contributed by atoms with E-state index in [1.165, 1.54) is 24.1 Å². The van der Waals surface area contributed by atoms with Crippen LogP contribution in [0.2, 0.25) is 0 Å². The van der Waals surface area contributed by atoms with Gasteiger partial charge in [-0.3, -0.25) is 4.79 Å². The minimum absolute atomic E-state index is 0.0425. The third-order valence-electron chi connectivity index (χ3n) is 4.90. The van der Waals surface area contributed by atoms with Gasteiger partial charge in [0, 0.05) is 37.4 Å². The fraction of sp³-hybridized carbons (Fsp3) is 0.409. The van der Waals surface area contributed by atoms with E-state index in [2.05, 4.69) is 39.8 Å². The van der Waals surface area contributed by atoms with E-state index in [-0.39, 0.29) is 5.91 Å². The molecule has 5 heteroatoms. The van der Waals surface area contributed by atoms with E-state index in [9.17, 15) is 4.79 Å². The van der Waals surface area contributed by atoms with E-state index >= 15 is 0 Å². The number of anilines is 2. The lowest BCUT2D eigenvalue weighted by molar-refractivity contribution is -0.116. The van der Waals surface area contributed by atoms with Gasteiger partial charge in [0.05, 0.1) is 7.11 Å². The molecule has 144 valence electrons. The Balaban J connectivity index is 1.32. The molecule has 0 aliphatic carbocycles. The van der Waals surface area contributed by atoms with Crippen molar-refractivity contribution in [1.29, 1.82) is 0 Å². The average Bonchev–Trinajstić information content (AvgIpc) is 3.23. The summed E-state index contributed by atoms with van der Waals surface area (Å²) in [7, 11) is 1.67. The molecule has 0 aromatic heterocycles. The Morgan fingerprint density at radius 2 is 1.70 bits per heavy atom. The largest absolute Gasteiger partial charge is 0.497 e. The zero-order valence-electron chi connectivity index (χ0n) is 16.0. The lowest BCUT2D eigenvalue weighted by Gasteiger charge is -2.17. The Kier molecular flexibility index (Phi) is 7.11. The second-order valence-corrected chi connectivity index (χ2v) is 6.89. The van der Waals surface area contributed by atoms with Crippen molar-refractivity contribution in [1.82, 2.24) is 5.32 Å². The third-order valence-corrected chi connectivity index (χ3v) is 4.90. The van der Waals surface area contributed by atoms with Gasteiger partial charge in [-0.25, -0.2) is 0 Å². The summed E-state index contributed by atoms with van der Waals surface area (Å²) in [6.07, 6.45) is 3.94. The first-order valence-electron chi connectivity index (χ1n) is 9.73. The van der Waals surface area contributed by atoms with Gasteiger partial charge in [0.1, 0.15) is 5.75 Å². The maximum absolute atomic E-state index is 12.1. The fourth-order valence-electron chi connectivity index (χ4n) is 3.31. The predicted molar refractivity (Wildman–Crippen MR) is 111 cm³/mol. The number of benzene rings is 2. The van der Waals surface area contributed by atoms with Crippen LogP contribution in [-0.4, -0.2) is 39.2 Å². The Hall–Kier alpha value is -2.53. The molecule has 0 unspecified atom stereocenters. The highest BCUT2D eigenvalue weighted by Crippen LogP contribution is 2.22. The molecule has 0 atom stereocenters. The van der Waals surface area contributed by atoms with Gasteiger partial charge < -0.3 is 20.3 Å². The van der Waals surface area contributed by atoms with Crippen LogP contribution in [0.15, 0.2) is 48.5 Å². The highest BCUT2D eigenvalue weighted by Gasteiger charge is 2.12. The molecule has 1 heterocycles. The van der Waals surface area contributed by atoms with Crippen LogP contribution in [0.25, 0.3) is 0 Å². The molecule has 27 heavy (non-hydrogen) atoms. The first kappa shape index (κ1) is 19.2. The average molecular weight is 367 g/mol. The Labute approximate surface area is 161 Å². The maximum Gasteiger partial charge on any atom is 0.225 e. The number of carbonyl (C=O) groups excluding carboxylic acids is 1. The number of ether oxygens (including phenoxy) is 1. The van der Waals surface area contributed by atoms with Crippen molar-refractivity contribution in [2.75, 3.05) is 43.5 Å². The molecular formula is C22H29N3O2. The van der Waals surface area contributed by atoms with Gasteiger partial charge in [-0.05, 0) is 67.8 Å². The summed E-state index contributed by atoms with van der Waals surface area (Å²) in [6.45, 7) is 3.79. The summed E-state index contributed by atoms with van der Waals surface area (Å²) in [6, 6.07) is 16.2. The van der Waals surface area contributed by atoms with E-state index in [0.717, 1.165) is 37.5 Å². The van der Waals surface area contributed by atoms with E-state index in [1.807, 2.05) is 24.3 Å². The minimum atomic E-state index is 0.0425. The molecule has 1 fully saturated rings. The smallest absolute Gasteiger partial charge is 0.225 e. The van der Waals surface area contributed by atoms with Gasteiger partial charge in [0.25, 0.3) is 0 Å². The zero-order chi connectivity index (χ0) is 18.9. The SMILES string of the molecule is COc1ccc(CCNCCC(=O)Nc2ccc(N3CCCC3)cc2)cc1. The Bertz CT molecular complexity index is 707. The predicted octanol–water partition coefficient (Wildman–Crippen LogP) is 3.46. The second kappa shape index (κ2) is 9.97. The molecule has 0 spiro atoms. The molecule has 1 aliphatic rings. The summed E-state index contributed by atoms with van der Waals surface area (Å²) in [4.78, 5) is 14.5. The van der Waals surface area contributed by atoms with Crippen LogP contribution < -0.4 is 20.3 Å². The van der Waals surface area contributed by atoms with Crippen molar-refractivity contribution in [2.24, 2.45) is 0 Å². The molecule has 5 nitrogen and oxygen atoms in total. The van der Waals surface area contributed by atoms with E-state index < -0.39 is 0 Å². The monoisotopic (exact) mass is 367 g/mol. The number of hydrogen-bond donors (Lipinski definition) is 2. The number of amides is 1. The van der Waals surface area contributed by atoms with Gasteiger partial charge >= 0.3 is 0 Å². The van der Waals surface area contributed by atoms with Crippen LogP contribution in [0, 0.1) is 0 Å². The number of nitrogens with zero attached hydrogens (tertiary/aromatic N) is 1. The molecule has 1 saturated heterocycles. The molecule has 0 radical (unpaired) electrons. The lowest BCUT2D eigenvalue weighted by Crippen LogP contribution is -2.23. The van der Waals surface area contributed by atoms with Gasteiger partial charge in [0.15, 0.2) is 0 Å². The highest BCUT2D eigenvalue weighted by atomic mass is 16.5. The maximum atomic E-state index is 12.1. The minimum Gasteiger partial charge on any atom is -0.497 e. The van der Waals surface area contributed by atoms with Gasteiger partial charge in [-0.2, -0.15) is 0 Å². The van der Waals surface area contributed by atoms with Crippen LogP contribution in [-0.2, 0) is 11.2 Å². The number of hydrogen-bond acceptors (Lipinski definition) is 4. The highest BCUT2D eigenvalue weighted by molar-refractivity contribution is 5.91. The molecule has 1 aliphatic heterocycles. The molecular weight excluding hydrogens is 338 g/mol. The lowest BCUT2D eigenvalue weighted by atomic mass is 10.1. The van der Waals surface area contributed by atoms with E-state index in [4.69, 9.17) is 4.74 Å². The van der Waals surface area contributed by atoms with Gasteiger partial charge in [-0.15, -0.1) is 0 Å². The van der Waals surface area contributed by atoms with E-state index in [0.29, 0.717) is 13.0 Å². The van der Waals surface area contributed by atoms with Crippen LogP contribution in [0.5, 0.6) is 5.75 Å². The molecule has 0 saturated carbocycles. The number of nitrogens with one attached hydrogen (secondary N) is 2. The first-order valence-corrected chi connectivity index (χ1v) is 9.73. The number of carbonyl (C=O) groups is 1. The summed E-state index contributed by atoms with van der Waals surface area (Å²) in [5.41, 5.74) is 3.36. The number of methoxy groups -OCH3 is 1. The van der Waals surface area contributed by atoms with Crippen molar-refractivity contribution in [2.45, 2.75) is 25.7 Å². The summed E-state index contributed by atoms with van der Waals surface area (Å²) in [5, 5.41) is 6.30. The van der Waals surface area contributed by atoms with Crippen LogP contribution in [0.1, 0.15) is 24.8 Å². The van der Waals surface area contributed by atoms with Crippen LogP contribution in [0.4, 0.5) is 11.4 Å². The van der Waals surface area contributed by atoms with E-state index in [1.54, 1.807) is 7.11 Å². The molecule has 0 bridgehead atoms. The Morgan fingerprint density at radius 3 is 2.37 bits per heavy atom. The van der Waals surface area contributed by atoms with Gasteiger partial charge in [-0.1, -0.05) is 12.1 Å². The number of rotatable bonds is 9. The third kappa shape index (κ3) is 6.00. The molecule has 2 aromatic carbocycles. The van der Waals surface area contributed by atoms with Crippen molar-refractivity contribution in [3.05, 3.63) is 54.1 Å². The fourth-order valence-corrected chi connectivity index (χ4v) is 3.31. The standard InChI is InChI=1S/C22H29N3O2/c1-27-21-10-4-18(5-11-21)12-14-23-15-13-22(26)24-19-6-8-20(9-7-19)25-16-2-3-17-25/h4-11,23H,2-3,12-17H2,1H3,(H,24,26). The van der Waals surface area contributed by atoms with Crippen LogP contribution in [0.3, 0.4) is 0 Å². The Morgan fingerprint density at radius 1 is 1.00 bits per heavy atom. The van der Waals surface area contributed by atoms with Crippen LogP contribution >= 0.6 is 0 Å². The summed E-state index contributed by atoms with van der Waals surface area (Å²) >= 11 is 0. The topological polar surface area (TPSA) is 53.6 Å². The van der Waals surface area contributed by atoms with Crippen molar-refractivity contribution in [3.8, 4) is 5.75 Å². The molecule has 2 aromatic rings. The molecule has 1 amide bonds. The van der Waals surface area contributed by atoms with Crippen molar-refractivity contribution in [3.63, 3.8) is 0 Å². The first-order chi connectivity index (χ1) is 13.2. The molecule has 2 N–H and O–H groups in total. The van der Waals surface area contributed by atoms with Crippen molar-refractivity contribution < 1.29 is 9.53 Å². The summed E-state index contributed by atoms with van der Waals surface area (Å²) < 4.78 is 5.16. The second-order valence-electron chi connectivity index (χ2n) is 6.89. The van der Waals surface area contributed by atoms with Gasteiger partial charge in [0.2, 0.25) is 5.91 Å². The summed E-state index contributed by atoms with van der Waals surface area (Å²) in [5.74, 6) is 0.915. The molecule has 3 rings (SSSR count). The van der Waals surface area contributed by atoms with Crippen molar-refractivity contribution >= 4 is 17.3 Å². The zero-order valence-corrected chi connectivity index (χ0v) is 16.0.